The summed E-state index contributed by atoms with van der Waals surface area (Å²) in [5.41, 5.74) is 0.995. The maximum Gasteiger partial charge on any atom is 0.200 e. The van der Waals surface area contributed by atoms with Crippen LogP contribution in [-0.2, 0) is 0 Å². The number of aromatic hydroxyl groups is 1. The van der Waals surface area contributed by atoms with E-state index in [2.05, 4.69) is 0 Å². The monoisotopic (exact) mass is 262 g/mol. The Morgan fingerprint density at radius 1 is 0.800 bits per heavy atom. The molecule has 0 atom stereocenters. The normalized spacial score (nSPS) is 11.4. The molecule has 0 aliphatic rings. The first-order valence-corrected chi connectivity index (χ1v) is 6.31. The number of hydrogen-bond donors (Lipinski definition) is 1. The summed E-state index contributed by atoms with van der Waals surface area (Å²) in [7, 11) is 0. The van der Waals surface area contributed by atoms with E-state index in [9.17, 15) is 9.90 Å². The van der Waals surface area contributed by atoms with Crippen LogP contribution in [0.2, 0.25) is 0 Å². The van der Waals surface area contributed by atoms with Gasteiger partial charge in [0, 0.05) is 5.39 Å². The molecule has 0 saturated carbocycles. The predicted octanol–water partition coefficient (Wildman–Crippen LogP) is 3.81. The second kappa shape index (κ2) is 3.84. The Hall–Kier alpha value is -2.81. The highest BCUT2D eigenvalue weighted by molar-refractivity contribution is 6.01. The molecule has 0 radical (unpaired) electrons. The fourth-order valence-corrected chi connectivity index (χ4v) is 2.56. The minimum Gasteiger partial charge on any atom is -0.507 e. The number of fused-ring (bicyclic) bond motifs is 3. The first-order valence-electron chi connectivity index (χ1n) is 6.31. The molecule has 1 N–H and O–H groups in total. The Balaban J connectivity index is 2.28. The fraction of sp³-hybridized carbons (Fsp3) is 0. The topological polar surface area (TPSA) is 50.4 Å². The average molecular weight is 262 g/mol. The molecule has 0 spiro atoms. The van der Waals surface area contributed by atoms with E-state index in [1.54, 1.807) is 36.4 Å². The summed E-state index contributed by atoms with van der Waals surface area (Å²) in [5, 5.41) is 12.5. The van der Waals surface area contributed by atoms with E-state index < -0.39 is 0 Å². The van der Waals surface area contributed by atoms with Gasteiger partial charge < -0.3 is 9.52 Å². The minimum atomic E-state index is -0.0490. The molecule has 20 heavy (non-hydrogen) atoms. The van der Waals surface area contributed by atoms with Crippen molar-refractivity contribution in [3.05, 3.63) is 64.8 Å². The second-order valence-corrected chi connectivity index (χ2v) is 4.77. The van der Waals surface area contributed by atoms with Crippen molar-refractivity contribution in [2.45, 2.75) is 0 Å². The van der Waals surface area contributed by atoms with Crippen molar-refractivity contribution >= 4 is 32.7 Å². The van der Waals surface area contributed by atoms with Crippen LogP contribution in [-0.4, -0.2) is 5.11 Å². The molecular weight excluding hydrogens is 252 g/mol. The van der Waals surface area contributed by atoms with E-state index >= 15 is 0 Å². The van der Waals surface area contributed by atoms with Gasteiger partial charge in [0.15, 0.2) is 0 Å². The van der Waals surface area contributed by atoms with E-state index in [-0.39, 0.29) is 11.2 Å². The maximum absolute atomic E-state index is 12.5. The molecule has 3 nitrogen and oxygen atoms in total. The number of rotatable bonds is 0. The van der Waals surface area contributed by atoms with Crippen LogP contribution < -0.4 is 5.43 Å². The molecule has 0 bridgehead atoms. The van der Waals surface area contributed by atoms with Crippen LogP contribution in [0.25, 0.3) is 32.7 Å². The first kappa shape index (κ1) is 11.1. The highest BCUT2D eigenvalue weighted by Gasteiger charge is 2.09. The van der Waals surface area contributed by atoms with Gasteiger partial charge in [0.1, 0.15) is 16.9 Å². The lowest BCUT2D eigenvalue weighted by atomic mass is 10.1. The van der Waals surface area contributed by atoms with Gasteiger partial charge in [0.25, 0.3) is 0 Å². The summed E-state index contributed by atoms with van der Waals surface area (Å²) in [6.07, 6.45) is 0. The number of benzene rings is 3. The molecule has 0 fully saturated rings. The van der Waals surface area contributed by atoms with E-state index in [4.69, 9.17) is 4.42 Å². The van der Waals surface area contributed by atoms with Gasteiger partial charge in [0.05, 0.1) is 10.8 Å². The standard InChI is InChI=1S/C17H10O3/c18-14-6-3-4-10-8-13-16(9-12(10)14)20-15-7-2-1-5-11(15)17(13)19/h1-9,18H. The van der Waals surface area contributed by atoms with Crippen molar-refractivity contribution in [1.82, 2.24) is 0 Å². The Morgan fingerprint density at radius 2 is 1.65 bits per heavy atom. The minimum absolute atomic E-state index is 0.0490. The molecule has 0 amide bonds. The molecule has 0 aliphatic heterocycles. The molecule has 0 unspecified atom stereocenters. The third kappa shape index (κ3) is 1.43. The van der Waals surface area contributed by atoms with Gasteiger partial charge >= 0.3 is 0 Å². The smallest absolute Gasteiger partial charge is 0.200 e. The zero-order valence-corrected chi connectivity index (χ0v) is 10.5. The van der Waals surface area contributed by atoms with Gasteiger partial charge in [-0.1, -0.05) is 24.3 Å². The molecule has 4 rings (SSSR count). The molecule has 3 aromatic carbocycles. The van der Waals surface area contributed by atoms with Crippen molar-refractivity contribution in [3.63, 3.8) is 0 Å². The van der Waals surface area contributed by atoms with Gasteiger partial charge in [-0.05, 0) is 35.7 Å². The van der Waals surface area contributed by atoms with Crippen molar-refractivity contribution in [1.29, 1.82) is 0 Å². The highest BCUT2D eigenvalue weighted by atomic mass is 16.3. The van der Waals surface area contributed by atoms with Crippen LogP contribution in [0.3, 0.4) is 0 Å². The zero-order valence-electron chi connectivity index (χ0n) is 10.5. The lowest BCUT2D eigenvalue weighted by molar-refractivity contribution is 0.481. The summed E-state index contributed by atoms with van der Waals surface area (Å²) in [4.78, 5) is 12.5. The third-order valence-electron chi connectivity index (χ3n) is 3.55. The molecule has 3 heteroatoms. The number of phenols is 1. The van der Waals surface area contributed by atoms with Gasteiger partial charge in [-0.3, -0.25) is 4.79 Å². The molecule has 0 aliphatic carbocycles. The summed E-state index contributed by atoms with van der Waals surface area (Å²) >= 11 is 0. The lowest BCUT2D eigenvalue weighted by Gasteiger charge is -2.04. The van der Waals surface area contributed by atoms with Crippen LogP contribution in [0.15, 0.2) is 63.8 Å². The van der Waals surface area contributed by atoms with Gasteiger partial charge in [-0.15, -0.1) is 0 Å². The van der Waals surface area contributed by atoms with Crippen molar-refractivity contribution in [2.24, 2.45) is 0 Å². The number of phenolic OH excluding ortho intramolecular Hbond substituents is 1. The summed E-state index contributed by atoms with van der Waals surface area (Å²) in [5.74, 6) is 0.181. The quantitative estimate of drug-likeness (QED) is 0.490. The van der Waals surface area contributed by atoms with E-state index in [1.165, 1.54) is 0 Å². The largest absolute Gasteiger partial charge is 0.507 e. The molecule has 1 heterocycles. The molecule has 4 aromatic rings. The fourth-order valence-electron chi connectivity index (χ4n) is 2.56. The van der Waals surface area contributed by atoms with E-state index in [0.29, 0.717) is 27.3 Å². The number of para-hydroxylation sites is 1. The Kier molecular flexibility index (Phi) is 2.12. The van der Waals surface area contributed by atoms with Crippen LogP contribution in [0, 0.1) is 0 Å². The first-order chi connectivity index (χ1) is 9.74. The highest BCUT2D eigenvalue weighted by Crippen LogP contribution is 2.29. The average Bonchev–Trinajstić information content (AvgIpc) is 2.47. The van der Waals surface area contributed by atoms with E-state index in [0.717, 1.165) is 5.39 Å². The summed E-state index contributed by atoms with van der Waals surface area (Å²) in [6.45, 7) is 0. The molecule has 1 aromatic heterocycles. The van der Waals surface area contributed by atoms with Gasteiger partial charge in [-0.2, -0.15) is 0 Å². The summed E-state index contributed by atoms with van der Waals surface area (Å²) < 4.78 is 5.78. The van der Waals surface area contributed by atoms with Gasteiger partial charge in [-0.25, -0.2) is 0 Å². The van der Waals surface area contributed by atoms with Crippen molar-refractivity contribution in [3.8, 4) is 5.75 Å². The SMILES string of the molecule is O=c1c2ccccc2oc2cc3c(O)cccc3cc12. The van der Waals surface area contributed by atoms with Crippen LogP contribution in [0.4, 0.5) is 0 Å². The second-order valence-electron chi connectivity index (χ2n) is 4.77. The summed E-state index contributed by atoms with van der Waals surface area (Å²) in [6, 6.07) is 15.9. The molecule has 0 saturated heterocycles. The lowest BCUT2D eigenvalue weighted by Crippen LogP contribution is -2.01. The Labute approximate surface area is 113 Å². The van der Waals surface area contributed by atoms with Crippen molar-refractivity contribution in [2.75, 3.05) is 0 Å². The number of hydrogen-bond acceptors (Lipinski definition) is 3. The Bertz CT molecular complexity index is 1030. The maximum atomic E-state index is 12.5. The zero-order chi connectivity index (χ0) is 13.7. The molecule has 96 valence electrons. The molecular formula is C17H10O3. The van der Waals surface area contributed by atoms with Crippen LogP contribution in [0.5, 0.6) is 5.75 Å². The third-order valence-corrected chi connectivity index (χ3v) is 3.55. The van der Waals surface area contributed by atoms with Crippen LogP contribution >= 0.6 is 0 Å². The van der Waals surface area contributed by atoms with E-state index in [1.807, 2.05) is 18.2 Å². The van der Waals surface area contributed by atoms with Gasteiger partial charge in [0.2, 0.25) is 5.43 Å². The van der Waals surface area contributed by atoms with Crippen LogP contribution in [0.1, 0.15) is 0 Å². The van der Waals surface area contributed by atoms with Crippen molar-refractivity contribution < 1.29 is 9.52 Å². The predicted molar refractivity (Wildman–Crippen MR) is 79.2 cm³/mol. The Morgan fingerprint density at radius 3 is 2.55 bits per heavy atom.